The van der Waals surface area contributed by atoms with Gasteiger partial charge in [0.05, 0.1) is 5.54 Å². The molecule has 22 heavy (non-hydrogen) atoms. The van der Waals surface area contributed by atoms with Crippen molar-refractivity contribution in [3.8, 4) is 0 Å². The second-order valence-corrected chi connectivity index (χ2v) is 6.78. The fraction of sp³-hybridized carbons (Fsp3) is 0.588. The van der Waals surface area contributed by atoms with Gasteiger partial charge in [-0.3, -0.25) is 4.79 Å². The second-order valence-electron chi connectivity index (χ2n) is 6.78. The van der Waals surface area contributed by atoms with E-state index in [-0.39, 0.29) is 23.7 Å². The van der Waals surface area contributed by atoms with Gasteiger partial charge in [0.15, 0.2) is 0 Å². The number of nitrogens with one attached hydrogen (secondary N) is 1. The van der Waals surface area contributed by atoms with Gasteiger partial charge in [-0.25, -0.2) is 0 Å². The first-order valence-corrected chi connectivity index (χ1v) is 7.60. The molecule has 124 valence electrons. The van der Waals surface area contributed by atoms with Crippen molar-refractivity contribution < 1.29 is 9.53 Å². The molecular weight excluding hydrogens is 300 g/mol. The molecule has 2 rings (SSSR count). The zero-order valence-corrected chi connectivity index (χ0v) is 14.2. The minimum atomic E-state index is -0.763. The molecule has 0 radical (unpaired) electrons. The minimum absolute atomic E-state index is 0. The lowest BCUT2D eigenvalue weighted by Crippen LogP contribution is -2.58. The highest BCUT2D eigenvalue weighted by molar-refractivity contribution is 5.86. The Morgan fingerprint density at radius 3 is 2.45 bits per heavy atom. The number of carbonyl (C=O) groups is 1. The molecule has 1 aromatic rings. The molecule has 1 heterocycles. The van der Waals surface area contributed by atoms with Gasteiger partial charge in [-0.1, -0.05) is 44.2 Å². The van der Waals surface area contributed by atoms with Crippen LogP contribution in [-0.2, 0) is 16.0 Å². The van der Waals surface area contributed by atoms with Gasteiger partial charge in [0.2, 0.25) is 5.91 Å². The monoisotopic (exact) mass is 326 g/mol. The Hall–Kier alpha value is -1.10. The van der Waals surface area contributed by atoms with Crippen molar-refractivity contribution in [2.45, 2.75) is 38.6 Å². The molecule has 0 spiro atoms. The van der Waals surface area contributed by atoms with Gasteiger partial charge >= 0.3 is 0 Å². The van der Waals surface area contributed by atoms with Crippen LogP contribution in [0.3, 0.4) is 0 Å². The molecule has 0 saturated carbocycles. The molecule has 0 aliphatic carbocycles. The van der Waals surface area contributed by atoms with E-state index in [0.29, 0.717) is 32.6 Å². The number of nitrogens with two attached hydrogens (primary N) is 1. The predicted molar refractivity (Wildman–Crippen MR) is 91.2 cm³/mol. The highest BCUT2D eigenvalue weighted by atomic mass is 35.5. The van der Waals surface area contributed by atoms with Crippen LogP contribution in [-0.4, -0.2) is 31.2 Å². The van der Waals surface area contributed by atoms with Crippen LogP contribution in [0.5, 0.6) is 0 Å². The summed E-state index contributed by atoms with van der Waals surface area (Å²) in [5, 5.41) is 3.03. The van der Waals surface area contributed by atoms with E-state index in [1.807, 2.05) is 18.2 Å². The molecule has 1 aliphatic heterocycles. The van der Waals surface area contributed by atoms with E-state index < -0.39 is 5.54 Å². The number of rotatable bonds is 5. The number of amides is 1. The molecule has 1 amide bonds. The Labute approximate surface area is 139 Å². The molecule has 0 atom stereocenters. The van der Waals surface area contributed by atoms with Crippen LogP contribution in [0.15, 0.2) is 30.3 Å². The number of carbonyl (C=O) groups excluding carboxylic acids is 1. The molecule has 0 aromatic heterocycles. The molecule has 3 N–H and O–H groups in total. The highest BCUT2D eigenvalue weighted by Crippen LogP contribution is 2.22. The maximum atomic E-state index is 12.3. The van der Waals surface area contributed by atoms with Crippen LogP contribution in [0, 0.1) is 5.41 Å². The van der Waals surface area contributed by atoms with E-state index >= 15 is 0 Å². The fourth-order valence-corrected chi connectivity index (χ4v) is 2.67. The number of ether oxygens (including phenoxy) is 1. The topological polar surface area (TPSA) is 64.4 Å². The third-order valence-electron chi connectivity index (χ3n) is 4.09. The van der Waals surface area contributed by atoms with Crippen LogP contribution in [0.1, 0.15) is 32.3 Å². The Morgan fingerprint density at radius 2 is 1.86 bits per heavy atom. The third kappa shape index (κ3) is 5.27. The first-order valence-electron chi connectivity index (χ1n) is 7.60. The Bertz CT molecular complexity index is 471. The zero-order valence-electron chi connectivity index (χ0n) is 13.4. The lowest BCUT2D eigenvalue weighted by Gasteiger charge is -2.33. The van der Waals surface area contributed by atoms with Crippen molar-refractivity contribution in [2.24, 2.45) is 11.1 Å². The Morgan fingerprint density at radius 1 is 1.27 bits per heavy atom. The molecule has 4 nitrogen and oxygen atoms in total. The molecule has 1 aliphatic rings. The molecule has 5 heteroatoms. The average molecular weight is 327 g/mol. The maximum absolute atomic E-state index is 12.3. The van der Waals surface area contributed by atoms with Crippen LogP contribution in [0.25, 0.3) is 0 Å². The van der Waals surface area contributed by atoms with E-state index in [4.69, 9.17) is 10.5 Å². The van der Waals surface area contributed by atoms with Gasteiger partial charge in [-0.2, -0.15) is 0 Å². The van der Waals surface area contributed by atoms with Gasteiger partial charge in [0, 0.05) is 19.8 Å². The summed E-state index contributed by atoms with van der Waals surface area (Å²) in [7, 11) is 0. The summed E-state index contributed by atoms with van der Waals surface area (Å²) in [5.74, 6) is -0.0491. The second kappa shape index (κ2) is 7.95. The number of halogens is 1. The highest BCUT2D eigenvalue weighted by Gasteiger charge is 2.36. The lowest BCUT2D eigenvalue weighted by molar-refractivity contribution is -0.130. The fourth-order valence-electron chi connectivity index (χ4n) is 2.67. The first-order chi connectivity index (χ1) is 9.91. The zero-order chi connectivity index (χ0) is 15.3. The van der Waals surface area contributed by atoms with Gasteiger partial charge in [0.1, 0.15) is 0 Å². The summed E-state index contributed by atoms with van der Waals surface area (Å²) in [4.78, 5) is 12.3. The first kappa shape index (κ1) is 18.9. The van der Waals surface area contributed by atoms with Crippen molar-refractivity contribution in [3.63, 3.8) is 0 Å². The molecule has 1 aromatic carbocycles. The molecular formula is C17H27ClN2O2. The smallest absolute Gasteiger partial charge is 0.240 e. The number of benzene rings is 1. The molecule has 1 saturated heterocycles. The van der Waals surface area contributed by atoms with Gasteiger partial charge in [-0.05, 0) is 30.2 Å². The summed E-state index contributed by atoms with van der Waals surface area (Å²) in [5.41, 5.74) is 6.71. The summed E-state index contributed by atoms with van der Waals surface area (Å²) in [6.07, 6.45) is 2.12. The van der Waals surface area contributed by atoms with E-state index in [2.05, 4.69) is 31.3 Å². The predicted octanol–water partition coefficient (Wildman–Crippen LogP) is 2.30. The number of hydrogen-bond donors (Lipinski definition) is 2. The lowest BCUT2D eigenvalue weighted by atomic mass is 9.84. The number of hydrogen-bond acceptors (Lipinski definition) is 3. The molecule has 1 fully saturated rings. The largest absolute Gasteiger partial charge is 0.381 e. The quantitative estimate of drug-likeness (QED) is 0.872. The van der Waals surface area contributed by atoms with Crippen LogP contribution >= 0.6 is 12.4 Å². The van der Waals surface area contributed by atoms with Crippen LogP contribution < -0.4 is 11.1 Å². The van der Waals surface area contributed by atoms with Crippen LogP contribution in [0.2, 0.25) is 0 Å². The van der Waals surface area contributed by atoms with Crippen molar-refractivity contribution in [1.29, 1.82) is 0 Å². The third-order valence-corrected chi connectivity index (χ3v) is 4.09. The molecule has 0 bridgehead atoms. The van der Waals surface area contributed by atoms with E-state index in [9.17, 15) is 4.79 Å². The normalized spacial score (nSPS) is 17.4. The van der Waals surface area contributed by atoms with Crippen molar-refractivity contribution >= 4 is 18.3 Å². The van der Waals surface area contributed by atoms with E-state index in [0.717, 1.165) is 6.42 Å². The van der Waals surface area contributed by atoms with Crippen molar-refractivity contribution in [2.75, 3.05) is 19.8 Å². The Balaban J connectivity index is 0.00000242. The average Bonchev–Trinajstić information content (AvgIpc) is 2.46. The van der Waals surface area contributed by atoms with E-state index in [1.165, 1.54) is 5.56 Å². The van der Waals surface area contributed by atoms with Gasteiger partial charge in [0.25, 0.3) is 0 Å². The van der Waals surface area contributed by atoms with Crippen molar-refractivity contribution in [3.05, 3.63) is 35.9 Å². The maximum Gasteiger partial charge on any atom is 0.240 e. The Kier molecular flexibility index (Phi) is 6.85. The summed E-state index contributed by atoms with van der Waals surface area (Å²) in [6.45, 7) is 6.08. The minimum Gasteiger partial charge on any atom is -0.381 e. The van der Waals surface area contributed by atoms with Crippen molar-refractivity contribution in [1.82, 2.24) is 5.32 Å². The SMILES string of the molecule is CC(C)(CNC(=O)C1(N)CCOCC1)Cc1ccccc1.Cl. The summed E-state index contributed by atoms with van der Waals surface area (Å²) < 4.78 is 5.28. The summed E-state index contributed by atoms with van der Waals surface area (Å²) in [6, 6.07) is 10.3. The van der Waals surface area contributed by atoms with E-state index in [1.54, 1.807) is 0 Å². The molecule has 0 unspecified atom stereocenters. The standard InChI is InChI=1S/C17H26N2O2.ClH/c1-16(2,12-14-6-4-3-5-7-14)13-19-15(20)17(18)8-10-21-11-9-17;/h3-7H,8-13,18H2,1-2H3,(H,19,20);1H. The summed E-state index contributed by atoms with van der Waals surface area (Å²) >= 11 is 0. The van der Waals surface area contributed by atoms with Crippen LogP contribution in [0.4, 0.5) is 0 Å². The van der Waals surface area contributed by atoms with Gasteiger partial charge in [-0.15, -0.1) is 12.4 Å². The van der Waals surface area contributed by atoms with Gasteiger partial charge < -0.3 is 15.8 Å².